The van der Waals surface area contributed by atoms with Gasteiger partial charge in [-0.05, 0) is 13.0 Å². The van der Waals surface area contributed by atoms with Crippen LogP contribution < -0.4 is 4.90 Å². The van der Waals surface area contributed by atoms with Crippen molar-refractivity contribution in [3.8, 4) is 0 Å². The Hall–Kier alpha value is -1.79. The summed E-state index contributed by atoms with van der Waals surface area (Å²) in [7, 11) is 1.24. The number of aryl methyl sites for hydroxylation is 1. The average Bonchev–Trinajstić information content (AvgIpc) is 2.68. The lowest BCUT2D eigenvalue weighted by molar-refractivity contribution is 0.0594. The molecule has 1 saturated heterocycles. The van der Waals surface area contributed by atoms with E-state index in [0.717, 1.165) is 0 Å². The molecule has 0 unspecified atom stereocenters. The molecule has 0 spiro atoms. The monoisotopic (exact) mass is 257 g/mol. The van der Waals surface area contributed by atoms with Crippen molar-refractivity contribution in [2.45, 2.75) is 19.3 Å². The molecule has 0 saturated carbocycles. The first-order chi connectivity index (χ1) is 8.51. The smallest absolute Gasteiger partial charge is 0.356 e. The number of hydrogen-bond acceptors (Lipinski definition) is 5. The van der Waals surface area contributed by atoms with Crippen molar-refractivity contribution in [3.63, 3.8) is 0 Å². The van der Waals surface area contributed by atoms with Crippen molar-refractivity contribution < 1.29 is 18.3 Å². The zero-order valence-corrected chi connectivity index (χ0v) is 10.1. The molecule has 98 valence electrons. The summed E-state index contributed by atoms with van der Waals surface area (Å²) in [6.07, 6.45) is -3.09. The molecule has 1 aliphatic heterocycles. The summed E-state index contributed by atoms with van der Waals surface area (Å²) in [6, 6.07) is 1.46. The van der Waals surface area contributed by atoms with Crippen molar-refractivity contribution in [1.29, 1.82) is 0 Å². The molecule has 18 heavy (non-hydrogen) atoms. The summed E-state index contributed by atoms with van der Waals surface area (Å²) in [4.78, 5) is 20.8. The van der Waals surface area contributed by atoms with Crippen LogP contribution in [0.15, 0.2) is 6.07 Å². The van der Waals surface area contributed by atoms with Gasteiger partial charge in [0.15, 0.2) is 18.0 Å². The molecule has 0 amide bonds. The van der Waals surface area contributed by atoms with Gasteiger partial charge in [-0.2, -0.15) is 0 Å². The van der Waals surface area contributed by atoms with Crippen LogP contribution in [-0.4, -0.2) is 48.5 Å². The minimum Gasteiger partial charge on any atom is -0.464 e. The standard InChI is InChI=1S/C11H13F2N3O2/c1-6-3-9(10(17)18-2)15-11(14-6)16-4-7(12)8(13)5-16/h3,7-8H,4-5H2,1-2H3/t7-,8+. The normalized spacial score (nSPS) is 23.2. The highest BCUT2D eigenvalue weighted by molar-refractivity contribution is 5.87. The molecule has 1 aliphatic rings. The van der Waals surface area contributed by atoms with E-state index in [4.69, 9.17) is 0 Å². The third-order valence-corrected chi connectivity index (χ3v) is 2.70. The topological polar surface area (TPSA) is 55.3 Å². The highest BCUT2D eigenvalue weighted by atomic mass is 19.2. The number of rotatable bonds is 2. The van der Waals surface area contributed by atoms with Crippen LogP contribution in [0.3, 0.4) is 0 Å². The maximum absolute atomic E-state index is 13.1. The minimum absolute atomic E-state index is 0.0812. The first kappa shape index (κ1) is 12.7. The maximum atomic E-state index is 13.1. The van der Waals surface area contributed by atoms with E-state index in [0.29, 0.717) is 5.69 Å². The summed E-state index contributed by atoms with van der Waals surface area (Å²) < 4.78 is 30.8. The fourth-order valence-electron chi connectivity index (χ4n) is 1.79. The number of carbonyl (C=O) groups excluding carboxylic acids is 1. The molecule has 2 rings (SSSR count). The molecular weight excluding hydrogens is 244 g/mol. The summed E-state index contributed by atoms with van der Waals surface area (Å²) >= 11 is 0. The predicted molar refractivity (Wildman–Crippen MR) is 60.1 cm³/mol. The number of esters is 1. The first-order valence-corrected chi connectivity index (χ1v) is 5.48. The van der Waals surface area contributed by atoms with E-state index in [1.54, 1.807) is 6.92 Å². The molecule has 1 aromatic rings. The third kappa shape index (κ3) is 2.39. The molecule has 0 N–H and O–H groups in total. The van der Waals surface area contributed by atoms with Crippen molar-refractivity contribution >= 4 is 11.9 Å². The number of methoxy groups -OCH3 is 1. The number of hydrogen-bond donors (Lipinski definition) is 0. The molecule has 7 heteroatoms. The van der Waals surface area contributed by atoms with Crippen LogP contribution in [0.2, 0.25) is 0 Å². The fourth-order valence-corrected chi connectivity index (χ4v) is 1.79. The lowest BCUT2D eigenvalue weighted by Crippen LogP contribution is -2.24. The van der Waals surface area contributed by atoms with Crippen LogP contribution in [0.4, 0.5) is 14.7 Å². The Morgan fingerprint density at radius 2 is 2.00 bits per heavy atom. The highest BCUT2D eigenvalue weighted by Crippen LogP contribution is 2.21. The highest BCUT2D eigenvalue weighted by Gasteiger charge is 2.34. The molecule has 1 fully saturated rings. The van der Waals surface area contributed by atoms with Gasteiger partial charge in [0.2, 0.25) is 5.95 Å². The van der Waals surface area contributed by atoms with Crippen LogP contribution in [0.25, 0.3) is 0 Å². The van der Waals surface area contributed by atoms with E-state index >= 15 is 0 Å². The Kier molecular flexibility index (Phi) is 3.40. The van der Waals surface area contributed by atoms with E-state index < -0.39 is 18.3 Å². The van der Waals surface area contributed by atoms with Crippen molar-refractivity contribution in [1.82, 2.24) is 9.97 Å². The van der Waals surface area contributed by atoms with Gasteiger partial charge in [0.25, 0.3) is 0 Å². The summed E-state index contributed by atoms with van der Waals surface area (Å²) in [6.45, 7) is 1.46. The van der Waals surface area contributed by atoms with E-state index in [-0.39, 0.29) is 24.7 Å². The van der Waals surface area contributed by atoms with Crippen LogP contribution >= 0.6 is 0 Å². The molecule has 0 aromatic carbocycles. The number of aromatic nitrogens is 2. The Morgan fingerprint density at radius 1 is 1.39 bits per heavy atom. The Morgan fingerprint density at radius 3 is 2.56 bits per heavy atom. The van der Waals surface area contributed by atoms with Gasteiger partial charge in [-0.1, -0.05) is 0 Å². The Labute approximate surface area is 103 Å². The number of ether oxygens (including phenoxy) is 1. The molecule has 5 nitrogen and oxygen atoms in total. The molecule has 0 bridgehead atoms. The average molecular weight is 257 g/mol. The van der Waals surface area contributed by atoms with Crippen LogP contribution in [0.1, 0.15) is 16.2 Å². The van der Waals surface area contributed by atoms with E-state index in [1.165, 1.54) is 18.1 Å². The van der Waals surface area contributed by atoms with E-state index in [9.17, 15) is 13.6 Å². The lowest BCUT2D eigenvalue weighted by atomic mass is 10.3. The van der Waals surface area contributed by atoms with Crippen molar-refractivity contribution in [2.75, 3.05) is 25.1 Å². The van der Waals surface area contributed by atoms with Gasteiger partial charge in [-0.3, -0.25) is 0 Å². The van der Waals surface area contributed by atoms with Gasteiger partial charge in [0.05, 0.1) is 20.2 Å². The second kappa shape index (κ2) is 4.83. The Balaban J connectivity index is 2.28. The first-order valence-electron chi connectivity index (χ1n) is 5.48. The minimum atomic E-state index is -1.55. The van der Waals surface area contributed by atoms with Gasteiger partial charge >= 0.3 is 5.97 Å². The number of alkyl halides is 2. The van der Waals surface area contributed by atoms with Gasteiger partial charge < -0.3 is 9.64 Å². The summed E-state index contributed by atoms with van der Waals surface area (Å²) in [5.74, 6) is -0.451. The zero-order valence-electron chi connectivity index (χ0n) is 10.1. The Bertz CT molecular complexity index is 460. The van der Waals surface area contributed by atoms with Gasteiger partial charge in [0, 0.05) is 5.69 Å². The fraction of sp³-hybridized carbons (Fsp3) is 0.545. The van der Waals surface area contributed by atoms with Crippen LogP contribution in [0.5, 0.6) is 0 Å². The second-order valence-electron chi connectivity index (χ2n) is 4.12. The van der Waals surface area contributed by atoms with Crippen LogP contribution in [0, 0.1) is 6.92 Å². The van der Waals surface area contributed by atoms with Gasteiger partial charge in [-0.25, -0.2) is 23.5 Å². The number of carbonyl (C=O) groups is 1. The van der Waals surface area contributed by atoms with Crippen LogP contribution in [-0.2, 0) is 4.74 Å². The lowest BCUT2D eigenvalue weighted by Gasteiger charge is -2.15. The SMILES string of the molecule is COC(=O)c1cc(C)nc(N2C[C@@H](F)[C@@H](F)C2)n1. The predicted octanol–water partition coefficient (Wildman–Crippen LogP) is 1.07. The zero-order chi connectivity index (χ0) is 13.3. The largest absolute Gasteiger partial charge is 0.464 e. The molecular formula is C11H13F2N3O2. The maximum Gasteiger partial charge on any atom is 0.356 e. The number of anilines is 1. The van der Waals surface area contributed by atoms with Crippen molar-refractivity contribution in [3.05, 3.63) is 17.5 Å². The van der Waals surface area contributed by atoms with Gasteiger partial charge in [-0.15, -0.1) is 0 Å². The van der Waals surface area contributed by atoms with Crippen molar-refractivity contribution in [2.24, 2.45) is 0 Å². The summed E-state index contributed by atoms with van der Waals surface area (Å²) in [5.41, 5.74) is 0.621. The van der Waals surface area contributed by atoms with E-state index in [2.05, 4.69) is 14.7 Å². The number of nitrogens with zero attached hydrogens (tertiary/aromatic N) is 3. The molecule has 0 radical (unpaired) electrons. The van der Waals surface area contributed by atoms with Gasteiger partial charge in [0.1, 0.15) is 0 Å². The molecule has 0 aliphatic carbocycles. The quantitative estimate of drug-likeness (QED) is 0.742. The summed E-state index contributed by atoms with van der Waals surface area (Å²) in [5, 5.41) is 0. The number of halogens is 2. The molecule has 1 aromatic heterocycles. The second-order valence-corrected chi connectivity index (χ2v) is 4.12. The molecule has 2 heterocycles. The molecule has 2 atom stereocenters. The third-order valence-electron chi connectivity index (χ3n) is 2.70. The van der Waals surface area contributed by atoms with E-state index in [1.807, 2.05) is 0 Å².